The molecule has 0 atom stereocenters. The Kier molecular flexibility index (Phi) is 5.51. The van der Waals surface area contributed by atoms with E-state index in [1.165, 1.54) is 5.56 Å². The number of benzene rings is 1. The van der Waals surface area contributed by atoms with Crippen LogP contribution >= 0.6 is 11.6 Å². The summed E-state index contributed by atoms with van der Waals surface area (Å²) < 4.78 is 1.82. The molecule has 5 heteroatoms. The molecule has 4 nitrogen and oxygen atoms in total. The number of hydrogen-bond donors (Lipinski definition) is 1. The molecule has 1 heterocycles. The molecule has 0 unspecified atom stereocenters. The van der Waals surface area contributed by atoms with Crippen molar-refractivity contribution >= 4 is 23.2 Å². The Hall–Kier alpha value is -2.38. The molecule has 1 amide bonds. The molecule has 1 aromatic carbocycles. The van der Waals surface area contributed by atoms with E-state index in [4.69, 9.17) is 16.9 Å². The predicted octanol–water partition coefficient (Wildman–Crippen LogP) is 3.09. The lowest BCUT2D eigenvalue weighted by atomic mass is 10.1. The molecule has 0 aliphatic heterocycles. The lowest BCUT2D eigenvalue weighted by Gasteiger charge is -2.04. The molecule has 0 aliphatic carbocycles. The Morgan fingerprint density at radius 3 is 2.64 bits per heavy atom. The maximum Gasteiger partial charge on any atom is 0.290 e. The number of carbonyl (C=O) groups is 1. The van der Waals surface area contributed by atoms with Crippen LogP contribution in [-0.2, 0) is 17.8 Å². The van der Waals surface area contributed by atoms with Gasteiger partial charge >= 0.3 is 0 Å². The summed E-state index contributed by atoms with van der Waals surface area (Å²) in [6, 6.07) is 10.9. The van der Waals surface area contributed by atoms with E-state index < -0.39 is 0 Å². The Labute approximate surface area is 135 Å². The zero-order valence-electron chi connectivity index (χ0n) is 12.3. The Morgan fingerprint density at radius 1 is 1.32 bits per heavy atom. The first-order valence-corrected chi connectivity index (χ1v) is 7.47. The van der Waals surface area contributed by atoms with Gasteiger partial charge in [0.15, 0.2) is 12.4 Å². The minimum atomic E-state index is -0.144. The molecular formula is C17H17ClN3O+. The molecule has 0 saturated carbocycles. The molecule has 22 heavy (non-hydrogen) atoms. The number of halogens is 1. The quantitative estimate of drug-likeness (QED) is 0.862. The standard InChI is InChI=1S/C17H16ClN3O/c1-2-3-13-6-8-21(9-7-13)12-17(22)20-15-5-4-14(11-19)16(18)10-15/h4-10H,2-3,12H2,1H3/p+1. The van der Waals surface area contributed by atoms with E-state index in [-0.39, 0.29) is 12.5 Å². The van der Waals surface area contributed by atoms with Gasteiger partial charge in [-0.25, -0.2) is 0 Å². The van der Waals surface area contributed by atoms with Crippen molar-refractivity contribution in [2.24, 2.45) is 0 Å². The molecule has 0 saturated heterocycles. The van der Waals surface area contributed by atoms with E-state index in [9.17, 15) is 4.79 Å². The predicted molar refractivity (Wildman–Crippen MR) is 85.4 cm³/mol. The maximum atomic E-state index is 12.0. The minimum Gasteiger partial charge on any atom is -0.321 e. The third kappa shape index (κ3) is 4.31. The molecule has 0 bridgehead atoms. The molecule has 112 valence electrons. The van der Waals surface area contributed by atoms with Crippen molar-refractivity contribution in [3.63, 3.8) is 0 Å². The van der Waals surface area contributed by atoms with Gasteiger partial charge in [-0.2, -0.15) is 9.83 Å². The Balaban J connectivity index is 1.98. The van der Waals surface area contributed by atoms with Gasteiger partial charge in [-0.15, -0.1) is 0 Å². The fourth-order valence-electron chi connectivity index (χ4n) is 2.10. The molecule has 0 spiro atoms. The van der Waals surface area contributed by atoms with Crippen molar-refractivity contribution in [1.82, 2.24) is 0 Å². The van der Waals surface area contributed by atoms with Crippen LogP contribution in [-0.4, -0.2) is 5.91 Å². The van der Waals surface area contributed by atoms with Crippen LogP contribution in [0.4, 0.5) is 5.69 Å². The van der Waals surface area contributed by atoms with Crippen molar-refractivity contribution in [2.45, 2.75) is 26.3 Å². The average molecular weight is 315 g/mol. The van der Waals surface area contributed by atoms with Crippen LogP contribution in [0.1, 0.15) is 24.5 Å². The van der Waals surface area contributed by atoms with Crippen molar-refractivity contribution < 1.29 is 9.36 Å². The second-order valence-electron chi connectivity index (χ2n) is 4.98. The van der Waals surface area contributed by atoms with Crippen LogP contribution < -0.4 is 9.88 Å². The van der Waals surface area contributed by atoms with Gasteiger partial charge in [0.05, 0.1) is 10.6 Å². The monoisotopic (exact) mass is 314 g/mol. The van der Waals surface area contributed by atoms with Crippen molar-refractivity contribution in [3.8, 4) is 6.07 Å². The number of amides is 1. The van der Waals surface area contributed by atoms with Gasteiger partial charge in [-0.05, 0) is 30.2 Å². The third-order valence-electron chi connectivity index (χ3n) is 3.20. The summed E-state index contributed by atoms with van der Waals surface area (Å²) in [7, 11) is 0. The molecule has 1 N–H and O–H groups in total. The number of carbonyl (C=O) groups excluding carboxylic acids is 1. The van der Waals surface area contributed by atoms with E-state index in [2.05, 4.69) is 12.2 Å². The number of nitrogens with one attached hydrogen (secondary N) is 1. The Morgan fingerprint density at radius 2 is 2.05 bits per heavy atom. The highest BCUT2D eigenvalue weighted by molar-refractivity contribution is 6.32. The molecule has 0 aliphatic rings. The first-order chi connectivity index (χ1) is 10.6. The van der Waals surface area contributed by atoms with Gasteiger partial charge in [-0.3, -0.25) is 4.79 Å². The number of nitrogens with zero attached hydrogens (tertiary/aromatic N) is 2. The molecule has 0 radical (unpaired) electrons. The largest absolute Gasteiger partial charge is 0.321 e. The normalized spacial score (nSPS) is 10.0. The number of hydrogen-bond acceptors (Lipinski definition) is 2. The van der Waals surface area contributed by atoms with Crippen LogP contribution in [0.15, 0.2) is 42.7 Å². The van der Waals surface area contributed by atoms with Gasteiger partial charge in [0.1, 0.15) is 6.07 Å². The number of anilines is 1. The zero-order chi connectivity index (χ0) is 15.9. The minimum absolute atomic E-state index is 0.144. The van der Waals surface area contributed by atoms with Crippen LogP contribution in [0.3, 0.4) is 0 Å². The van der Waals surface area contributed by atoms with Crippen LogP contribution in [0, 0.1) is 11.3 Å². The number of aromatic nitrogens is 1. The molecule has 0 fully saturated rings. The van der Waals surface area contributed by atoms with Gasteiger partial charge in [0, 0.05) is 17.8 Å². The topological polar surface area (TPSA) is 56.8 Å². The summed E-state index contributed by atoms with van der Waals surface area (Å²) in [6.07, 6.45) is 5.94. The van der Waals surface area contributed by atoms with E-state index in [1.54, 1.807) is 18.2 Å². The van der Waals surface area contributed by atoms with Gasteiger partial charge in [0.2, 0.25) is 6.54 Å². The van der Waals surface area contributed by atoms with Crippen molar-refractivity contribution in [1.29, 1.82) is 5.26 Å². The van der Waals surface area contributed by atoms with Crippen LogP contribution in [0.5, 0.6) is 0 Å². The summed E-state index contributed by atoms with van der Waals surface area (Å²) in [5.74, 6) is -0.144. The lowest BCUT2D eigenvalue weighted by molar-refractivity contribution is -0.684. The van der Waals surface area contributed by atoms with Gasteiger partial charge in [0.25, 0.3) is 5.91 Å². The Bertz CT molecular complexity index is 705. The summed E-state index contributed by atoms with van der Waals surface area (Å²) in [6.45, 7) is 2.36. The van der Waals surface area contributed by atoms with E-state index in [0.29, 0.717) is 16.3 Å². The summed E-state index contributed by atoms with van der Waals surface area (Å²) in [5.41, 5.74) is 2.23. The highest BCUT2D eigenvalue weighted by atomic mass is 35.5. The first-order valence-electron chi connectivity index (χ1n) is 7.10. The number of aryl methyl sites for hydroxylation is 1. The number of nitriles is 1. The molecule has 1 aromatic heterocycles. The molecule has 2 rings (SSSR count). The van der Waals surface area contributed by atoms with Gasteiger partial charge in [-0.1, -0.05) is 24.9 Å². The fourth-order valence-corrected chi connectivity index (χ4v) is 2.32. The highest BCUT2D eigenvalue weighted by Crippen LogP contribution is 2.20. The third-order valence-corrected chi connectivity index (χ3v) is 3.51. The second-order valence-corrected chi connectivity index (χ2v) is 5.39. The average Bonchev–Trinajstić information content (AvgIpc) is 2.50. The molecule has 2 aromatic rings. The first kappa shape index (κ1) is 16.0. The lowest BCUT2D eigenvalue weighted by Crippen LogP contribution is -2.39. The van der Waals surface area contributed by atoms with Crippen LogP contribution in [0.25, 0.3) is 0 Å². The number of pyridine rings is 1. The summed E-state index contributed by atoms with van der Waals surface area (Å²) in [5, 5.41) is 11.9. The fraction of sp³-hybridized carbons (Fsp3) is 0.235. The van der Waals surface area contributed by atoms with Crippen molar-refractivity contribution in [3.05, 3.63) is 58.9 Å². The van der Waals surface area contributed by atoms with E-state index in [0.717, 1.165) is 12.8 Å². The smallest absolute Gasteiger partial charge is 0.290 e. The summed E-state index contributed by atoms with van der Waals surface area (Å²) in [4.78, 5) is 12.0. The van der Waals surface area contributed by atoms with Crippen LogP contribution in [0.2, 0.25) is 5.02 Å². The second kappa shape index (κ2) is 7.58. The SMILES string of the molecule is CCCc1cc[n+](CC(=O)Nc2ccc(C#N)c(Cl)c2)cc1. The van der Waals surface area contributed by atoms with E-state index >= 15 is 0 Å². The number of rotatable bonds is 5. The maximum absolute atomic E-state index is 12.0. The highest BCUT2D eigenvalue weighted by Gasteiger charge is 2.10. The molecular weight excluding hydrogens is 298 g/mol. The van der Waals surface area contributed by atoms with Crippen molar-refractivity contribution in [2.75, 3.05) is 5.32 Å². The summed E-state index contributed by atoms with van der Waals surface area (Å²) >= 11 is 5.94. The zero-order valence-corrected chi connectivity index (χ0v) is 13.1. The van der Waals surface area contributed by atoms with Gasteiger partial charge < -0.3 is 5.32 Å². The van der Waals surface area contributed by atoms with E-state index in [1.807, 2.05) is 35.2 Å².